The van der Waals surface area contributed by atoms with E-state index in [0.717, 1.165) is 5.56 Å². The van der Waals surface area contributed by atoms with E-state index in [1.54, 1.807) is 36.4 Å². The van der Waals surface area contributed by atoms with Gasteiger partial charge in [-0.15, -0.1) is 0 Å². The van der Waals surface area contributed by atoms with Crippen molar-refractivity contribution >= 4 is 29.1 Å². The third-order valence-electron chi connectivity index (χ3n) is 5.92. The number of hydrogen-bond donors (Lipinski definition) is 1. The van der Waals surface area contributed by atoms with Crippen molar-refractivity contribution in [3.05, 3.63) is 100 Å². The molecule has 1 aliphatic heterocycles. The Kier molecular flexibility index (Phi) is 7.93. The summed E-state index contributed by atoms with van der Waals surface area (Å²) >= 11 is 6.25. The third-order valence-corrected chi connectivity index (χ3v) is 6.22. The summed E-state index contributed by atoms with van der Waals surface area (Å²) in [5.74, 6) is -0.821. The Hall–Kier alpha value is -3.81. The highest BCUT2D eigenvalue weighted by atomic mass is 35.5. The second-order valence-electron chi connectivity index (χ2n) is 8.18. The van der Waals surface area contributed by atoms with Crippen LogP contribution in [0.15, 0.2) is 78.4 Å². The molecule has 1 unspecified atom stereocenters. The van der Waals surface area contributed by atoms with E-state index in [2.05, 4.69) is 0 Å². The first-order valence-electron chi connectivity index (χ1n) is 11.3. The number of ether oxygens (including phenoxy) is 3. The molecular weight excluding hydrogens is 482 g/mol. The van der Waals surface area contributed by atoms with Crippen molar-refractivity contribution in [2.45, 2.75) is 12.6 Å². The van der Waals surface area contributed by atoms with Crippen LogP contribution in [0.1, 0.15) is 22.7 Å². The number of ketones is 1. The normalized spacial score (nSPS) is 16.9. The lowest BCUT2D eigenvalue weighted by atomic mass is 9.95. The maximum absolute atomic E-state index is 13.1. The van der Waals surface area contributed by atoms with E-state index in [1.165, 1.54) is 25.2 Å². The van der Waals surface area contributed by atoms with Gasteiger partial charge in [0.1, 0.15) is 23.9 Å². The van der Waals surface area contributed by atoms with Gasteiger partial charge < -0.3 is 24.2 Å². The molecule has 1 saturated heterocycles. The van der Waals surface area contributed by atoms with Gasteiger partial charge in [0.15, 0.2) is 0 Å². The number of Topliss-reactive ketones (excluding diaryl/α,β-unsaturated/α-hetero) is 1. The molecule has 7 nitrogen and oxygen atoms in total. The Balaban J connectivity index is 1.75. The topological polar surface area (TPSA) is 85.3 Å². The van der Waals surface area contributed by atoms with Crippen LogP contribution in [0.4, 0.5) is 0 Å². The summed E-state index contributed by atoms with van der Waals surface area (Å²) in [6.07, 6.45) is 0. The van der Waals surface area contributed by atoms with Gasteiger partial charge in [-0.05, 0) is 41.5 Å². The van der Waals surface area contributed by atoms with E-state index in [9.17, 15) is 14.7 Å². The first-order chi connectivity index (χ1) is 17.4. The smallest absolute Gasteiger partial charge is 0.295 e. The molecule has 1 atom stereocenters. The predicted molar refractivity (Wildman–Crippen MR) is 136 cm³/mol. The summed E-state index contributed by atoms with van der Waals surface area (Å²) in [5.41, 5.74) is 1.90. The number of aliphatic hydroxyl groups is 1. The molecule has 0 aromatic heterocycles. The van der Waals surface area contributed by atoms with Crippen molar-refractivity contribution in [3.63, 3.8) is 0 Å². The first-order valence-corrected chi connectivity index (χ1v) is 11.7. The van der Waals surface area contributed by atoms with E-state index in [4.69, 9.17) is 25.8 Å². The van der Waals surface area contributed by atoms with Gasteiger partial charge in [0, 0.05) is 19.2 Å². The number of methoxy groups -OCH3 is 2. The van der Waals surface area contributed by atoms with E-state index < -0.39 is 17.7 Å². The molecule has 1 heterocycles. The molecule has 36 heavy (non-hydrogen) atoms. The van der Waals surface area contributed by atoms with Gasteiger partial charge in [-0.2, -0.15) is 0 Å². The van der Waals surface area contributed by atoms with Gasteiger partial charge in [0.25, 0.3) is 11.7 Å². The molecule has 1 N–H and O–H groups in total. The Morgan fingerprint density at radius 1 is 1.00 bits per heavy atom. The lowest BCUT2D eigenvalue weighted by Gasteiger charge is -2.25. The van der Waals surface area contributed by atoms with Crippen LogP contribution in [0.25, 0.3) is 5.76 Å². The van der Waals surface area contributed by atoms with Crippen molar-refractivity contribution in [3.8, 4) is 11.5 Å². The van der Waals surface area contributed by atoms with Crippen molar-refractivity contribution in [2.24, 2.45) is 0 Å². The second-order valence-corrected chi connectivity index (χ2v) is 8.59. The van der Waals surface area contributed by atoms with Gasteiger partial charge in [-0.1, -0.05) is 54.1 Å². The van der Waals surface area contributed by atoms with E-state index in [1.807, 2.05) is 30.3 Å². The number of benzene rings is 3. The Morgan fingerprint density at radius 3 is 2.47 bits per heavy atom. The highest BCUT2D eigenvalue weighted by Gasteiger charge is 2.46. The maximum atomic E-state index is 13.1. The summed E-state index contributed by atoms with van der Waals surface area (Å²) < 4.78 is 16.3. The summed E-state index contributed by atoms with van der Waals surface area (Å²) in [4.78, 5) is 27.5. The molecule has 3 aromatic carbocycles. The van der Waals surface area contributed by atoms with Crippen molar-refractivity contribution in [1.82, 2.24) is 4.90 Å². The van der Waals surface area contributed by atoms with Crippen LogP contribution in [-0.4, -0.2) is 49.1 Å². The fraction of sp³-hybridized carbons (Fsp3) is 0.214. The zero-order valence-electron chi connectivity index (χ0n) is 19.9. The molecule has 0 saturated carbocycles. The van der Waals surface area contributed by atoms with Gasteiger partial charge in [0.05, 0.1) is 30.4 Å². The Morgan fingerprint density at radius 2 is 1.78 bits per heavy atom. The standard InChI is InChI=1S/C28H26ClNO6/c1-34-14-13-30-25(19-9-6-10-21(15-19)36-17-18-7-4-3-5-8-18)24(27(32)28(30)33)26(31)20-11-12-23(35-2)22(29)16-20/h3-12,15-16,25,31H,13-14,17H2,1-2H3/b26-24+. The second kappa shape index (κ2) is 11.3. The number of carbonyl (C=O) groups is 2. The van der Waals surface area contributed by atoms with Crippen molar-refractivity contribution in [1.29, 1.82) is 0 Å². The predicted octanol–water partition coefficient (Wildman–Crippen LogP) is 5.00. The van der Waals surface area contributed by atoms with Crippen LogP contribution >= 0.6 is 11.6 Å². The molecule has 3 aromatic rings. The Bertz CT molecular complexity index is 1290. The maximum Gasteiger partial charge on any atom is 0.295 e. The molecule has 8 heteroatoms. The number of amides is 1. The zero-order valence-corrected chi connectivity index (χ0v) is 20.7. The van der Waals surface area contributed by atoms with Crippen LogP contribution in [0.5, 0.6) is 11.5 Å². The number of hydrogen-bond acceptors (Lipinski definition) is 6. The number of likely N-dealkylation sites (tertiary alicyclic amines) is 1. The molecule has 0 aliphatic carbocycles. The molecule has 1 amide bonds. The Labute approximate surface area is 214 Å². The lowest BCUT2D eigenvalue weighted by molar-refractivity contribution is -0.140. The summed E-state index contributed by atoms with van der Waals surface area (Å²) in [6, 6.07) is 20.7. The van der Waals surface area contributed by atoms with Gasteiger partial charge in [-0.25, -0.2) is 0 Å². The first kappa shape index (κ1) is 25.3. The minimum atomic E-state index is -0.832. The van der Waals surface area contributed by atoms with E-state index in [0.29, 0.717) is 29.2 Å². The molecule has 4 rings (SSSR count). The van der Waals surface area contributed by atoms with Crippen molar-refractivity contribution < 1.29 is 28.9 Å². The molecule has 0 bridgehead atoms. The molecule has 1 aliphatic rings. The van der Waals surface area contributed by atoms with Crippen LogP contribution in [-0.2, 0) is 20.9 Å². The number of carbonyl (C=O) groups excluding carboxylic acids is 2. The fourth-order valence-corrected chi connectivity index (χ4v) is 4.39. The lowest BCUT2D eigenvalue weighted by Crippen LogP contribution is -2.32. The highest BCUT2D eigenvalue weighted by Crippen LogP contribution is 2.41. The van der Waals surface area contributed by atoms with Gasteiger partial charge >= 0.3 is 0 Å². The number of nitrogens with zero attached hydrogens (tertiary/aromatic N) is 1. The fourth-order valence-electron chi connectivity index (χ4n) is 4.13. The molecular formula is C28H26ClNO6. The molecule has 186 valence electrons. The summed E-state index contributed by atoms with van der Waals surface area (Å²) in [7, 11) is 3.00. The monoisotopic (exact) mass is 507 g/mol. The van der Waals surface area contributed by atoms with Gasteiger partial charge in [-0.3, -0.25) is 9.59 Å². The SMILES string of the molecule is COCCN1C(=O)C(=O)/C(=C(/O)c2ccc(OC)c(Cl)c2)C1c1cccc(OCc2ccccc2)c1. The molecule has 0 spiro atoms. The number of rotatable bonds is 9. The largest absolute Gasteiger partial charge is 0.507 e. The summed E-state index contributed by atoms with van der Waals surface area (Å²) in [5, 5.41) is 11.5. The number of halogens is 1. The zero-order chi connectivity index (χ0) is 25.7. The highest BCUT2D eigenvalue weighted by molar-refractivity contribution is 6.46. The minimum absolute atomic E-state index is 0.0301. The minimum Gasteiger partial charge on any atom is -0.507 e. The average Bonchev–Trinajstić information content (AvgIpc) is 3.16. The van der Waals surface area contributed by atoms with Crippen LogP contribution < -0.4 is 9.47 Å². The number of aliphatic hydroxyl groups excluding tert-OH is 1. The molecule has 1 fully saturated rings. The average molecular weight is 508 g/mol. The van der Waals surface area contributed by atoms with Crippen molar-refractivity contribution in [2.75, 3.05) is 27.4 Å². The third kappa shape index (κ3) is 5.22. The summed E-state index contributed by atoms with van der Waals surface area (Å²) in [6.45, 7) is 0.752. The van der Waals surface area contributed by atoms with Crippen LogP contribution in [0, 0.1) is 0 Å². The van der Waals surface area contributed by atoms with Crippen LogP contribution in [0.3, 0.4) is 0 Å². The van der Waals surface area contributed by atoms with E-state index >= 15 is 0 Å². The van der Waals surface area contributed by atoms with Crippen LogP contribution in [0.2, 0.25) is 5.02 Å². The van der Waals surface area contributed by atoms with E-state index in [-0.39, 0.29) is 29.5 Å². The quantitative estimate of drug-likeness (QED) is 0.249. The molecule has 0 radical (unpaired) electrons. The van der Waals surface area contributed by atoms with Gasteiger partial charge in [0.2, 0.25) is 0 Å².